The van der Waals surface area contributed by atoms with Gasteiger partial charge < -0.3 is 10.1 Å². The number of carbonyl (C=O) groups is 1. The molecule has 0 atom stereocenters. The lowest BCUT2D eigenvalue weighted by atomic mass is 10.2. The summed E-state index contributed by atoms with van der Waals surface area (Å²) in [5.74, 6) is -0.327. The number of hydrogen-bond acceptors (Lipinski definition) is 5. The lowest BCUT2D eigenvalue weighted by Crippen LogP contribution is -2.14. The standard InChI is InChI=1S/C20H11ClN2O4S/c21-15-9-3-1-7-13(15)20(24)27-17-11-5-4-10-16(17)22-19-14-8-2-6-12-18(14)28(25,26)23-19/h1-2,4-8,10-12H,(H,22,23). The smallest absolute Gasteiger partial charge is 0.345 e. The number of anilines is 1. The van der Waals surface area contributed by atoms with E-state index in [2.05, 4.69) is 21.8 Å². The van der Waals surface area contributed by atoms with Crippen LogP contribution in [-0.2, 0) is 10.0 Å². The zero-order valence-electron chi connectivity index (χ0n) is 14.1. The molecule has 1 aliphatic heterocycles. The molecule has 0 unspecified atom stereocenters. The molecule has 3 aromatic carbocycles. The van der Waals surface area contributed by atoms with Crippen LogP contribution in [0.1, 0.15) is 15.9 Å². The van der Waals surface area contributed by atoms with Gasteiger partial charge in [0.05, 0.1) is 11.3 Å². The number of rotatable bonds is 3. The SMILES string of the molecule is O=C(Oc1ccccc1NC1=NS(=O)(=O)c2ccccc21)c1ccc#cc1Cl. The van der Waals surface area contributed by atoms with Crippen LogP contribution in [0.2, 0.25) is 5.02 Å². The molecule has 0 aliphatic carbocycles. The summed E-state index contributed by atoms with van der Waals surface area (Å²) < 4.78 is 33.6. The molecule has 1 N–H and O–H groups in total. The van der Waals surface area contributed by atoms with Crippen LogP contribution < -0.4 is 10.1 Å². The summed E-state index contributed by atoms with van der Waals surface area (Å²) in [6.07, 6.45) is 0. The van der Waals surface area contributed by atoms with Crippen LogP contribution in [0.4, 0.5) is 5.69 Å². The van der Waals surface area contributed by atoms with Crippen molar-refractivity contribution < 1.29 is 17.9 Å². The summed E-state index contributed by atoms with van der Waals surface area (Å²) in [7, 11) is -3.77. The van der Waals surface area contributed by atoms with Gasteiger partial charge in [0.1, 0.15) is 9.92 Å². The fraction of sp³-hybridized carbons (Fsp3) is 0. The number of fused-ring (bicyclic) bond motifs is 1. The first-order valence-electron chi connectivity index (χ1n) is 8.06. The first kappa shape index (κ1) is 18.0. The Morgan fingerprint density at radius 1 is 1.07 bits per heavy atom. The molecular weight excluding hydrogens is 400 g/mol. The Kier molecular flexibility index (Phi) is 4.51. The maximum Gasteiger partial charge on any atom is 0.345 e. The molecular formula is C20H11ClN2O4S. The van der Waals surface area contributed by atoms with Crippen LogP contribution in [-0.4, -0.2) is 20.2 Å². The van der Waals surface area contributed by atoms with Gasteiger partial charge in [-0.15, -0.1) is 4.40 Å². The Morgan fingerprint density at radius 2 is 1.82 bits per heavy atom. The van der Waals surface area contributed by atoms with Gasteiger partial charge in [-0.1, -0.05) is 41.9 Å². The molecule has 138 valence electrons. The second-order valence-electron chi connectivity index (χ2n) is 5.75. The van der Waals surface area contributed by atoms with Gasteiger partial charge in [0, 0.05) is 5.56 Å². The number of nitrogens with one attached hydrogen (secondary N) is 1. The van der Waals surface area contributed by atoms with E-state index in [1.54, 1.807) is 42.5 Å². The number of benzene rings is 2. The quantitative estimate of drug-likeness (QED) is 0.525. The fourth-order valence-corrected chi connectivity index (χ4v) is 4.04. The van der Waals surface area contributed by atoms with Crippen molar-refractivity contribution in [3.05, 3.63) is 88.9 Å². The highest BCUT2D eigenvalue weighted by molar-refractivity contribution is 7.90. The van der Waals surface area contributed by atoms with Gasteiger partial charge in [-0.3, -0.25) is 0 Å². The van der Waals surface area contributed by atoms with Crippen LogP contribution in [0.15, 0.2) is 70.0 Å². The molecule has 8 heteroatoms. The Morgan fingerprint density at radius 3 is 2.64 bits per heavy atom. The van der Waals surface area contributed by atoms with Gasteiger partial charge >= 0.3 is 5.97 Å². The average Bonchev–Trinajstić information content (AvgIpc) is 2.94. The lowest BCUT2D eigenvalue weighted by Gasteiger charge is -2.12. The largest absolute Gasteiger partial charge is 0.421 e. The lowest BCUT2D eigenvalue weighted by molar-refractivity contribution is 0.0736. The summed E-state index contributed by atoms with van der Waals surface area (Å²) in [5.41, 5.74) is 0.963. The number of amidine groups is 1. The summed E-state index contributed by atoms with van der Waals surface area (Å²) in [4.78, 5) is 12.6. The number of hydrogen-bond donors (Lipinski definition) is 1. The molecule has 1 heterocycles. The molecule has 0 saturated heterocycles. The zero-order valence-corrected chi connectivity index (χ0v) is 15.7. The van der Waals surface area contributed by atoms with Crippen molar-refractivity contribution in [2.24, 2.45) is 4.40 Å². The van der Waals surface area contributed by atoms with E-state index in [9.17, 15) is 13.2 Å². The Balaban J connectivity index is 1.65. The first-order valence-corrected chi connectivity index (χ1v) is 9.88. The van der Waals surface area contributed by atoms with E-state index in [4.69, 9.17) is 16.3 Å². The predicted molar refractivity (Wildman–Crippen MR) is 104 cm³/mol. The van der Waals surface area contributed by atoms with Crippen molar-refractivity contribution in [1.29, 1.82) is 0 Å². The normalized spacial score (nSPS) is 13.8. The highest BCUT2D eigenvalue weighted by Crippen LogP contribution is 2.30. The van der Waals surface area contributed by atoms with E-state index in [-0.39, 0.29) is 27.1 Å². The molecule has 6 nitrogen and oxygen atoms in total. The average molecular weight is 411 g/mol. The molecule has 0 spiro atoms. The van der Waals surface area contributed by atoms with E-state index in [1.165, 1.54) is 18.2 Å². The van der Waals surface area contributed by atoms with Crippen LogP contribution in [0.5, 0.6) is 5.75 Å². The molecule has 3 aromatic rings. The number of halogens is 1. The third-order valence-corrected chi connectivity index (χ3v) is 5.58. The minimum atomic E-state index is -3.77. The molecule has 0 aromatic heterocycles. The maximum absolute atomic E-state index is 12.4. The van der Waals surface area contributed by atoms with Gasteiger partial charge in [-0.05, 0) is 42.5 Å². The van der Waals surface area contributed by atoms with E-state index < -0.39 is 16.0 Å². The summed E-state index contributed by atoms with van der Waals surface area (Å²) in [6, 6.07) is 21.3. The maximum atomic E-state index is 12.4. The highest BCUT2D eigenvalue weighted by atomic mass is 35.5. The van der Waals surface area contributed by atoms with Gasteiger partial charge in [0.25, 0.3) is 10.0 Å². The highest BCUT2D eigenvalue weighted by Gasteiger charge is 2.29. The molecule has 1 aliphatic rings. The molecule has 0 radical (unpaired) electrons. The molecule has 0 fully saturated rings. The molecule has 0 bridgehead atoms. The van der Waals surface area contributed by atoms with Crippen molar-refractivity contribution >= 4 is 39.1 Å². The van der Waals surface area contributed by atoms with Gasteiger partial charge in [-0.2, -0.15) is 8.42 Å². The van der Waals surface area contributed by atoms with Crippen molar-refractivity contribution in [2.75, 3.05) is 5.32 Å². The van der Waals surface area contributed by atoms with Crippen LogP contribution in [0.25, 0.3) is 0 Å². The van der Waals surface area contributed by atoms with Gasteiger partial charge in [0.15, 0.2) is 11.6 Å². The van der Waals surface area contributed by atoms with Crippen molar-refractivity contribution in [3.8, 4) is 5.75 Å². The first-order chi connectivity index (χ1) is 13.5. The van der Waals surface area contributed by atoms with Crippen LogP contribution in [0, 0.1) is 12.1 Å². The number of esters is 1. The second kappa shape index (κ2) is 7.00. The van der Waals surface area contributed by atoms with Crippen molar-refractivity contribution in [1.82, 2.24) is 0 Å². The Hall–Kier alpha value is -3.34. The van der Waals surface area contributed by atoms with Crippen molar-refractivity contribution in [3.63, 3.8) is 0 Å². The second-order valence-corrected chi connectivity index (χ2v) is 7.70. The monoisotopic (exact) mass is 410 g/mol. The molecule has 0 amide bonds. The number of carbonyl (C=O) groups excluding carboxylic acids is 1. The van der Waals surface area contributed by atoms with E-state index in [0.29, 0.717) is 11.3 Å². The Labute approximate surface area is 166 Å². The third kappa shape index (κ3) is 3.31. The summed E-state index contributed by atoms with van der Waals surface area (Å²) >= 11 is 5.96. The summed E-state index contributed by atoms with van der Waals surface area (Å²) in [6.45, 7) is 0. The predicted octanol–water partition coefficient (Wildman–Crippen LogP) is 3.72. The summed E-state index contributed by atoms with van der Waals surface area (Å²) in [5, 5.41) is 3.03. The molecule has 0 saturated carbocycles. The number of ether oxygens (including phenoxy) is 1. The zero-order chi connectivity index (χ0) is 19.7. The topological polar surface area (TPSA) is 84.8 Å². The molecule has 28 heavy (non-hydrogen) atoms. The van der Waals surface area contributed by atoms with Crippen LogP contribution >= 0.6 is 11.6 Å². The number of sulfonamides is 1. The van der Waals surface area contributed by atoms with Gasteiger partial charge in [-0.25, -0.2) is 4.79 Å². The Bertz CT molecular complexity index is 1220. The van der Waals surface area contributed by atoms with Crippen LogP contribution in [0.3, 0.4) is 0 Å². The number of para-hydroxylation sites is 2. The minimum Gasteiger partial charge on any atom is -0.421 e. The van der Waals surface area contributed by atoms with E-state index >= 15 is 0 Å². The van der Waals surface area contributed by atoms with E-state index in [1.807, 2.05) is 0 Å². The van der Waals surface area contributed by atoms with E-state index in [0.717, 1.165) is 0 Å². The van der Waals surface area contributed by atoms with Crippen molar-refractivity contribution in [2.45, 2.75) is 4.90 Å². The number of nitrogens with zero attached hydrogens (tertiary/aromatic N) is 1. The minimum absolute atomic E-state index is 0.0955. The third-order valence-electron chi connectivity index (χ3n) is 3.95. The van der Waals surface area contributed by atoms with Gasteiger partial charge in [0.2, 0.25) is 0 Å². The fourth-order valence-electron chi connectivity index (χ4n) is 2.67. The molecule has 4 rings (SSSR count).